The van der Waals surface area contributed by atoms with Crippen LogP contribution in [0.25, 0.3) is 22.3 Å². The summed E-state index contributed by atoms with van der Waals surface area (Å²) in [6.07, 6.45) is -9.21. The highest BCUT2D eigenvalue weighted by atomic mass is 31.2. The lowest BCUT2D eigenvalue weighted by Crippen LogP contribution is -2.36. The lowest BCUT2D eigenvalue weighted by Gasteiger charge is -2.25. The van der Waals surface area contributed by atoms with E-state index in [1.165, 1.54) is 10.9 Å². The largest absolute Gasteiger partial charge is 0.472 e. The third-order valence-corrected chi connectivity index (χ3v) is 9.29. The third kappa shape index (κ3) is 5.31. The van der Waals surface area contributed by atoms with E-state index in [0.717, 1.165) is 17.2 Å². The van der Waals surface area contributed by atoms with Crippen LogP contribution < -0.4 is 17.0 Å². The molecule has 242 valence electrons. The Hall–Kier alpha value is -3.44. The molecule has 3 saturated heterocycles. The Morgan fingerprint density at radius 3 is 2.18 bits per heavy atom. The van der Waals surface area contributed by atoms with Gasteiger partial charge in [-0.15, -0.1) is 0 Å². The maximum atomic E-state index is 13.2. The standard InChI is InChI=1S/C20H24N10O13P2/c21-14-8-15(24-3-23-14)29(4-25-8)18-11(32)12-7(41-18)2-39-45(36,37)43-13-10(31)6(1-38-44(34,35)42-12)40-19(13)30-5-26-9-16(30)27-20(22)28-17(9)33/h3-7,10-13,18-19,31-32H,1-2H2,(H,34,35)(H,36,37)(H2,21,23,24)(H3,22,27,28,33)/t6?,7?,10-,11-,12-,13-,18-,19-/m1/s1. The smallest absolute Gasteiger partial charge is 0.387 e. The number of aromatic amines is 1. The second kappa shape index (κ2) is 10.8. The van der Waals surface area contributed by atoms with E-state index in [0.29, 0.717) is 0 Å². The molecular weight excluding hydrogens is 650 g/mol. The topological polar surface area (TPSA) is 330 Å². The van der Waals surface area contributed by atoms with Gasteiger partial charge in [0.05, 0.1) is 25.9 Å². The van der Waals surface area contributed by atoms with Crippen LogP contribution in [0.5, 0.6) is 0 Å². The van der Waals surface area contributed by atoms with E-state index in [9.17, 15) is 33.9 Å². The Morgan fingerprint density at radius 2 is 1.44 bits per heavy atom. The van der Waals surface area contributed by atoms with Gasteiger partial charge in [-0.1, -0.05) is 0 Å². The van der Waals surface area contributed by atoms with Crippen molar-refractivity contribution in [1.29, 1.82) is 0 Å². The lowest BCUT2D eigenvalue weighted by molar-refractivity contribution is -0.0672. The number of anilines is 2. The summed E-state index contributed by atoms with van der Waals surface area (Å²) in [6.45, 7) is -1.65. The fourth-order valence-electron chi connectivity index (χ4n) is 5.30. The van der Waals surface area contributed by atoms with Gasteiger partial charge in [-0.3, -0.25) is 37.0 Å². The number of aromatic nitrogens is 8. The van der Waals surface area contributed by atoms with Crippen LogP contribution in [0.4, 0.5) is 11.8 Å². The first-order valence-electron chi connectivity index (χ1n) is 13.0. The minimum atomic E-state index is -5.11. The Morgan fingerprint density at radius 1 is 0.822 bits per heavy atom. The van der Waals surface area contributed by atoms with Crippen molar-refractivity contribution in [3.63, 3.8) is 0 Å². The van der Waals surface area contributed by atoms with E-state index in [1.807, 2.05) is 0 Å². The van der Waals surface area contributed by atoms with Gasteiger partial charge in [0.1, 0.15) is 48.5 Å². The van der Waals surface area contributed by atoms with Crippen molar-refractivity contribution < 1.29 is 56.7 Å². The lowest BCUT2D eigenvalue weighted by atomic mass is 10.1. The molecule has 3 fully saturated rings. The summed E-state index contributed by atoms with van der Waals surface area (Å²) in [5.74, 6) is -0.250. The number of aliphatic hydroxyl groups is 2. The first-order valence-corrected chi connectivity index (χ1v) is 15.9. The molecule has 9 N–H and O–H groups in total. The van der Waals surface area contributed by atoms with Crippen LogP contribution in [0.2, 0.25) is 0 Å². The van der Waals surface area contributed by atoms with Gasteiger partial charge in [-0.05, 0) is 0 Å². The fourth-order valence-corrected chi connectivity index (χ4v) is 7.19. The van der Waals surface area contributed by atoms with Crippen molar-refractivity contribution in [2.45, 2.75) is 49.1 Å². The summed E-state index contributed by atoms with van der Waals surface area (Å²) >= 11 is 0. The minimum absolute atomic E-state index is 0.0343. The van der Waals surface area contributed by atoms with E-state index in [-0.39, 0.29) is 34.1 Å². The second-order valence-electron chi connectivity index (χ2n) is 10.1. The SMILES string of the molecule is Nc1nc2c(ncn2[C@@H]2OC3COP(=O)(O)O[C@@H]4C(COP(=O)(O)O[C@@H]2[C@@H]3O)O[C@@H](n2cnc3c(N)ncnc32)[C@@H]4O)c(=O)[nH]1. The van der Waals surface area contributed by atoms with Gasteiger partial charge in [0.15, 0.2) is 35.1 Å². The second-order valence-corrected chi connectivity index (χ2v) is 13.0. The van der Waals surface area contributed by atoms with Crippen molar-refractivity contribution in [3.05, 3.63) is 29.3 Å². The number of nitrogens with zero attached hydrogens (tertiary/aromatic N) is 7. The van der Waals surface area contributed by atoms with Crippen molar-refractivity contribution >= 4 is 49.7 Å². The van der Waals surface area contributed by atoms with E-state index < -0.39 is 83.5 Å². The molecule has 23 nitrogen and oxygen atoms in total. The zero-order valence-corrected chi connectivity index (χ0v) is 24.2. The molecule has 7 heterocycles. The van der Waals surface area contributed by atoms with Crippen LogP contribution >= 0.6 is 15.6 Å². The third-order valence-electron chi connectivity index (χ3n) is 7.32. The number of rotatable bonds is 2. The number of phosphoric acid groups is 2. The summed E-state index contributed by atoms with van der Waals surface area (Å²) in [5.41, 5.74) is 10.8. The number of ether oxygens (including phenoxy) is 2. The number of hydrogen-bond donors (Lipinski definition) is 7. The summed E-state index contributed by atoms with van der Waals surface area (Å²) in [6, 6.07) is 0. The molecule has 0 spiro atoms. The number of nitrogens with one attached hydrogen (secondary N) is 1. The van der Waals surface area contributed by atoms with Gasteiger partial charge < -0.3 is 40.9 Å². The van der Waals surface area contributed by atoms with E-state index in [2.05, 4.69) is 29.9 Å². The Kier molecular flexibility index (Phi) is 7.27. The van der Waals surface area contributed by atoms with E-state index >= 15 is 0 Å². The molecule has 3 aliphatic heterocycles. The number of fused-ring (bicyclic) bond motifs is 5. The minimum Gasteiger partial charge on any atom is -0.387 e. The average Bonchev–Trinajstić information content (AvgIpc) is 3.72. The Labute approximate surface area is 248 Å². The van der Waals surface area contributed by atoms with Crippen LogP contribution in [0.1, 0.15) is 12.5 Å². The quantitative estimate of drug-likeness (QED) is 0.109. The van der Waals surface area contributed by atoms with Gasteiger partial charge in [-0.2, -0.15) is 4.98 Å². The molecule has 0 aromatic carbocycles. The Balaban J connectivity index is 1.21. The molecule has 0 radical (unpaired) electrons. The highest BCUT2D eigenvalue weighted by molar-refractivity contribution is 7.47. The molecule has 45 heavy (non-hydrogen) atoms. The molecule has 4 aromatic heterocycles. The van der Waals surface area contributed by atoms with Crippen LogP contribution in [-0.2, 0) is 36.7 Å². The molecular formula is C20H24N10O13P2. The van der Waals surface area contributed by atoms with Gasteiger partial charge in [0.2, 0.25) is 5.95 Å². The van der Waals surface area contributed by atoms with Gasteiger partial charge >= 0.3 is 15.6 Å². The fraction of sp³-hybridized carbons (Fsp3) is 0.500. The number of nitrogen functional groups attached to an aromatic ring is 2. The average molecular weight is 674 g/mol. The molecule has 0 saturated carbocycles. The maximum absolute atomic E-state index is 13.2. The van der Waals surface area contributed by atoms with Crippen LogP contribution in [0.3, 0.4) is 0 Å². The zero-order chi connectivity index (χ0) is 31.8. The molecule has 2 bridgehead atoms. The van der Waals surface area contributed by atoms with Gasteiger partial charge in [-0.25, -0.2) is 29.1 Å². The summed E-state index contributed by atoms with van der Waals surface area (Å²) in [7, 11) is -10.2. The molecule has 25 heteroatoms. The number of nitrogens with two attached hydrogens (primary N) is 2. The van der Waals surface area contributed by atoms with Crippen LogP contribution in [0.15, 0.2) is 23.8 Å². The molecule has 0 aliphatic carbocycles. The monoisotopic (exact) mass is 674 g/mol. The number of imidazole rings is 2. The molecule has 4 unspecified atom stereocenters. The maximum Gasteiger partial charge on any atom is 0.472 e. The van der Waals surface area contributed by atoms with Crippen molar-refractivity contribution in [2.75, 3.05) is 24.7 Å². The first kappa shape index (κ1) is 30.2. The predicted molar refractivity (Wildman–Crippen MR) is 143 cm³/mol. The number of phosphoric ester groups is 2. The number of aliphatic hydroxyl groups excluding tert-OH is 2. The van der Waals surface area contributed by atoms with E-state index in [1.54, 1.807) is 0 Å². The highest BCUT2D eigenvalue weighted by Crippen LogP contribution is 2.53. The number of hydrogen-bond acceptors (Lipinski definition) is 18. The van der Waals surface area contributed by atoms with E-state index in [4.69, 9.17) is 39.0 Å². The molecule has 4 aromatic rings. The van der Waals surface area contributed by atoms with Gasteiger partial charge in [0.25, 0.3) is 5.56 Å². The summed E-state index contributed by atoms with van der Waals surface area (Å²) in [5, 5.41) is 22.1. The zero-order valence-electron chi connectivity index (χ0n) is 22.4. The van der Waals surface area contributed by atoms with Crippen molar-refractivity contribution in [1.82, 2.24) is 39.0 Å². The normalized spacial score (nSPS) is 37.7. The molecule has 0 amide bonds. The highest BCUT2D eigenvalue weighted by Gasteiger charge is 2.54. The molecule has 3 aliphatic rings. The molecule has 7 rings (SSSR count). The molecule has 10 atom stereocenters. The first-order chi connectivity index (χ1) is 21.3. The van der Waals surface area contributed by atoms with Crippen molar-refractivity contribution in [2.24, 2.45) is 0 Å². The summed E-state index contributed by atoms with van der Waals surface area (Å²) in [4.78, 5) is 55.8. The van der Waals surface area contributed by atoms with Crippen LogP contribution in [-0.4, -0.2) is 109 Å². The Bertz CT molecular complexity index is 1940. The van der Waals surface area contributed by atoms with Gasteiger partial charge in [0, 0.05) is 0 Å². The number of H-pyrrole nitrogens is 1. The predicted octanol–water partition coefficient (Wildman–Crippen LogP) is -2.34. The summed E-state index contributed by atoms with van der Waals surface area (Å²) < 4.78 is 61.0. The van der Waals surface area contributed by atoms with Crippen molar-refractivity contribution in [3.8, 4) is 0 Å². The van der Waals surface area contributed by atoms with Crippen LogP contribution in [0, 0.1) is 0 Å².